The highest BCUT2D eigenvalue weighted by Gasteiger charge is 2.42. The van der Waals surface area contributed by atoms with Gasteiger partial charge >= 0.3 is 5.97 Å². The minimum absolute atomic E-state index is 0.0356. The van der Waals surface area contributed by atoms with Gasteiger partial charge in [0, 0.05) is 6.92 Å². The van der Waals surface area contributed by atoms with Crippen LogP contribution in [0.5, 0.6) is 0 Å². The predicted octanol–water partition coefficient (Wildman–Crippen LogP) is 0.0524. The minimum atomic E-state index is -0.328. The van der Waals surface area contributed by atoms with E-state index in [4.69, 9.17) is 23.7 Å². The molecule has 2 rings (SSSR count). The molecule has 92 valence electrons. The second kappa shape index (κ2) is 5.09. The maximum atomic E-state index is 10.7. The van der Waals surface area contributed by atoms with Gasteiger partial charge < -0.3 is 23.7 Å². The van der Waals surface area contributed by atoms with Gasteiger partial charge in [-0.05, 0) is 6.92 Å². The third-order valence-corrected chi connectivity index (χ3v) is 2.74. The summed E-state index contributed by atoms with van der Waals surface area (Å²) >= 11 is 0. The Morgan fingerprint density at radius 1 is 1.19 bits per heavy atom. The number of ether oxygens (including phenoxy) is 5. The van der Waals surface area contributed by atoms with Crippen LogP contribution in [0, 0.1) is 0 Å². The molecule has 6 nitrogen and oxygen atoms in total. The minimum Gasteiger partial charge on any atom is -0.463 e. The molecule has 2 saturated heterocycles. The van der Waals surface area contributed by atoms with E-state index >= 15 is 0 Å². The van der Waals surface area contributed by atoms with E-state index in [1.54, 1.807) is 0 Å². The van der Waals surface area contributed by atoms with Crippen LogP contribution in [-0.2, 0) is 28.5 Å². The second-order valence-corrected chi connectivity index (χ2v) is 3.88. The van der Waals surface area contributed by atoms with Gasteiger partial charge in [0.1, 0.15) is 38.5 Å². The van der Waals surface area contributed by atoms with Gasteiger partial charge in [0.25, 0.3) is 0 Å². The van der Waals surface area contributed by atoms with Crippen LogP contribution in [0.1, 0.15) is 13.8 Å². The third-order valence-electron chi connectivity index (χ3n) is 2.74. The summed E-state index contributed by atoms with van der Waals surface area (Å²) in [5.74, 6) is -0.328. The Balaban J connectivity index is 1.89. The summed E-state index contributed by atoms with van der Waals surface area (Å²) in [6.45, 7) is 3.94. The van der Waals surface area contributed by atoms with E-state index in [2.05, 4.69) is 0 Å². The highest BCUT2D eigenvalue weighted by Crippen LogP contribution is 2.25. The molecule has 0 aromatic heterocycles. The molecule has 16 heavy (non-hydrogen) atoms. The van der Waals surface area contributed by atoms with Gasteiger partial charge in [-0.25, -0.2) is 0 Å². The topological polar surface area (TPSA) is 63.2 Å². The Morgan fingerprint density at radius 3 is 2.50 bits per heavy atom. The summed E-state index contributed by atoms with van der Waals surface area (Å²) in [5, 5.41) is 0. The van der Waals surface area contributed by atoms with Crippen LogP contribution < -0.4 is 0 Å². The third kappa shape index (κ3) is 2.52. The summed E-state index contributed by atoms with van der Waals surface area (Å²) < 4.78 is 26.4. The molecule has 6 heteroatoms. The molecule has 0 radical (unpaired) electrons. The van der Waals surface area contributed by atoms with Gasteiger partial charge in [-0.15, -0.1) is 0 Å². The van der Waals surface area contributed by atoms with Crippen molar-refractivity contribution in [1.29, 1.82) is 0 Å². The van der Waals surface area contributed by atoms with Gasteiger partial charge in [-0.3, -0.25) is 4.79 Å². The first-order valence-electron chi connectivity index (χ1n) is 5.28. The van der Waals surface area contributed by atoms with Crippen molar-refractivity contribution in [1.82, 2.24) is 0 Å². The van der Waals surface area contributed by atoms with Crippen LogP contribution in [0.3, 0.4) is 0 Å². The molecule has 0 N–H and O–H groups in total. The van der Waals surface area contributed by atoms with Gasteiger partial charge in [0.05, 0.1) is 6.10 Å². The van der Waals surface area contributed by atoms with Crippen LogP contribution in [0.4, 0.5) is 0 Å². The summed E-state index contributed by atoms with van der Waals surface area (Å²) in [6.07, 6.45) is -0.718. The molecule has 0 aliphatic carbocycles. The number of esters is 1. The van der Waals surface area contributed by atoms with Crippen LogP contribution in [0.15, 0.2) is 0 Å². The number of rotatable bonds is 3. The van der Waals surface area contributed by atoms with E-state index in [1.165, 1.54) is 6.92 Å². The smallest absolute Gasteiger partial charge is 0.302 e. The zero-order chi connectivity index (χ0) is 11.5. The van der Waals surface area contributed by atoms with Crippen molar-refractivity contribution in [3.63, 3.8) is 0 Å². The maximum Gasteiger partial charge on any atom is 0.302 e. The van der Waals surface area contributed by atoms with Crippen molar-refractivity contribution in [2.75, 3.05) is 20.2 Å². The normalized spacial score (nSPS) is 38.9. The van der Waals surface area contributed by atoms with Crippen molar-refractivity contribution in [2.45, 2.75) is 38.3 Å². The lowest BCUT2D eigenvalue weighted by atomic mass is 10.0. The fraction of sp³-hybridized carbons (Fsp3) is 0.900. The van der Waals surface area contributed by atoms with Crippen LogP contribution in [0.2, 0.25) is 0 Å². The summed E-state index contributed by atoms with van der Waals surface area (Å²) in [6, 6.07) is 0. The number of carbonyl (C=O) groups excluding carboxylic acids is 1. The second-order valence-electron chi connectivity index (χ2n) is 3.88. The Kier molecular flexibility index (Phi) is 3.75. The Morgan fingerprint density at radius 2 is 1.88 bits per heavy atom. The first-order valence-corrected chi connectivity index (χ1v) is 5.28. The molecule has 4 atom stereocenters. The molecule has 0 spiro atoms. The van der Waals surface area contributed by atoms with Crippen LogP contribution in [-0.4, -0.2) is 50.6 Å². The van der Waals surface area contributed by atoms with Gasteiger partial charge in [-0.2, -0.15) is 0 Å². The average molecular weight is 232 g/mol. The molecule has 2 aliphatic rings. The molecule has 0 aromatic rings. The van der Waals surface area contributed by atoms with Crippen LogP contribution >= 0.6 is 0 Å². The molecule has 2 fully saturated rings. The lowest BCUT2D eigenvalue weighted by molar-refractivity contribution is -0.145. The van der Waals surface area contributed by atoms with Crippen molar-refractivity contribution >= 4 is 5.97 Å². The first kappa shape index (κ1) is 11.8. The number of hydrogen-bond donors (Lipinski definition) is 0. The fourth-order valence-corrected chi connectivity index (χ4v) is 1.87. The van der Waals surface area contributed by atoms with Crippen molar-refractivity contribution in [3.05, 3.63) is 0 Å². The molecule has 0 saturated carbocycles. The van der Waals surface area contributed by atoms with Crippen molar-refractivity contribution < 1.29 is 28.5 Å². The Hall–Kier alpha value is -0.690. The average Bonchev–Trinajstić information content (AvgIpc) is 2.82. The lowest BCUT2D eigenvalue weighted by Gasteiger charge is -2.23. The zero-order valence-corrected chi connectivity index (χ0v) is 9.38. The van der Waals surface area contributed by atoms with Crippen molar-refractivity contribution in [3.8, 4) is 0 Å². The first-order chi connectivity index (χ1) is 7.68. The van der Waals surface area contributed by atoms with E-state index in [9.17, 15) is 4.79 Å². The highest BCUT2D eigenvalue weighted by molar-refractivity contribution is 5.65. The molecule has 0 bridgehead atoms. The summed E-state index contributed by atoms with van der Waals surface area (Å²) in [5.41, 5.74) is 0. The Bertz CT molecular complexity index is 256. The molecule has 0 aromatic carbocycles. The largest absolute Gasteiger partial charge is 0.463 e. The lowest BCUT2D eigenvalue weighted by Crippen LogP contribution is -2.42. The number of hydrogen-bond acceptors (Lipinski definition) is 6. The summed E-state index contributed by atoms with van der Waals surface area (Å²) in [7, 11) is 0. The molecular weight excluding hydrogens is 216 g/mol. The quantitative estimate of drug-likeness (QED) is 0.641. The molecule has 0 unspecified atom stereocenters. The summed E-state index contributed by atoms with van der Waals surface area (Å²) in [4.78, 5) is 10.7. The SMILES string of the molecule is CC(=O)OC[C@H]1OCO[C@H]1[C@@H]1OCO[C@@H]1C. The Labute approximate surface area is 93.7 Å². The highest BCUT2D eigenvalue weighted by atomic mass is 16.8. The molecule has 2 heterocycles. The van der Waals surface area contributed by atoms with Crippen molar-refractivity contribution in [2.24, 2.45) is 0 Å². The molecule has 2 aliphatic heterocycles. The monoisotopic (exact) mass is 232 g/mol. The van der Waals surface area contributed by atoms with E-state index < -0.39 is 0 Å². The van der Waals surface area contributed by atoms with E-state index in [0.29, 0.717) is 0 Å². The van der Waals surface area contributed by atoms with Gasteiger partial charge in [0.2, 0.25) is 0 Å². The van der Waals surface area contributed by atoms with E-state index in [-0.39, 0.29) is 50.6 Å². The predicted molar refractivity (Wildman–Crippen MR) is 51.5 cm³/mol. The zero-order valence-electron chi connectivity index (χ0n) is 9.38. The van der Waals surface area contributed by atoms with Gasteiger partial charge in [0.15, 0.2) is 0 Å². The maximum absolute atomic E-state index is 10.7. The van der Waals surface area contributed by atoms with Crippen LogP contribution in [0.25, 0.3) is 0 Å². The molecule has 0 amide bonds. The number of carbonyl (C=O) groups is 1. The van der Waals surface area contributed by atoms with E-state index in [0.717, 1.165) is 0 Å². The standard InChI is InChI=1S/C10H16O6/c1-6-9(15-4-13-6)10-8(14-5-16-10)3-12-7(2)11/h6,8-10H,3-5H2,1-2H3/t6-,8-,9-,10-/m1/s1. The van der Waals surface area contributed by atoms with Gasteiger partial charge in [-0.1, -0.05) is 0 Å². The fourth-order valence-electron chi connectivity index (χ4n) is 1.87. The molecular formula is C10H16O6. The van der Waals surface area contributed by atoms with E-state index in [1.807, 2.05) is 6.92 Å².